The molecule has 0 saturated carbocycles. The molecule has 0 amide bonds. The SMILES string of the molecule is CC(Cn1cccn1)NCc1c(F)cccc1F. The molecular formula is C13H15F2N3. The van der Waals surface area contributed by atoms with Crippen LogP contribution in [0.15, 0.2) is 36.7 Å². The van der Waals surface area contributed by atoms with Crippen molar-refractivity contribution in [1.29, 1.82) is 0 Å². The number of aromatic nitrogens is 2. The molecule has 18 heavy (non-hydrogen) atoms. The molecule has 0 fully saturated rings. The summed E-state index contributed by atoms with van der Waals surface area (Å²) in [6.45, 7) is 2.77. The van der Waals surface area contributed by atoms with E-state index in [4.69, 9.17) is 0 Å². The van der Waals surface area contributed by atoms with Crippen LogP contribution in [-0.4, -0.2) is 15.8 Å². The van der Waals surface area contributed by atoms with Gasteiger partial charge in [-0.25, -0.2) is 8.78 Å². The molecule has 3 nitrogen and oxygen atoms in total. The van der Waals surface area contributed by atoms with E-state index < -0.39 is 11.6 Å². The van der Waals surface area contributed by atoms with E-state index in [1.807, 2.05) is 19.2 Å². The van der Waals surface area contributed by atoms with E-state index in [-0.39, 0.29) is 18.2 Å². The van der Waals surface area contributed by atoms with Crippen molar-refractivity contribution in [2.75, 3.05) is 0 Å². The summed E-state index contributed by atoms with van der Waals surface area (Å²) in [5, 5.41) is 7.15. The molecule has 1 unspecified atom stereocenters. The molecule has 1 aromatic heterocycles. The third-order valence-electron chi connectivity index (χ3n) is 2.71. The fourth-order valence-electron chi connectivity index (χ4n) is 1.73. The number of benzene rings is 1. The first-order valence-corrected chi connectivity index (χ1v) is 5.80. The highest BCUT2D eigenvalue weighted by molar-refractivity contribution is 5.19. The van der Waals surface area contributed by atoms with Crippen LogP contribution in [0.4, 0.5) is 8.78 Å². The van der Waals surface area contributed by atoms with Gasteiger partial charge in [0.25, 0.3) is 0 Å². The Bertz CT molecular complexity index is 477. The Morgan fingerprint density at radius 2 is 2.00 bits per heavy atom. The van der Waals surface area contributed by atoms with Gasteiger partial charge in [-0.05, 0) is 25.1 Å². The highest BCUT2D eigenvalue weighted by atomic mass is 19.1. The quantitative estimate of drug-likeness (QED) is 0.884. The van der Waals surface area contributed by atoms with Crippen molar-refractivity contribution in [3.63, 3.8) is 0 Å². The maximum atomic E-state index is 13.4. The van der Waals surface area contributed by atoms with Crippen LogP contribution in [0.2, 0.25) is 0 Å². The summed E-state index contributed by atoms with van der Waals surface area (Å²) in [5.41, 5.74) is 0.0739. The maximum absolute atomic E-state index is 13.4. The second-order valence-corrected chi connectivity index (χ2v) is 4.21. The molecule has 1 heterocycles. The highest BCUT2D eigenvalue weighted by Crippen LogP contribution is 2.11. The van der Waals surface area contributed by atoms with Gasteiger partial charge in [0.2, 0.25) is 0 Å². The molecule has 1 N–H and O–H groups in total. The molecule has 0 saturated heterocycles. The maximum Gasteiger partial charge on any atom is 0.130 e. The van der Waals surface area contributed by atoms with E-state index in [1.165, 1.54) is 18.2 Å². The average molecular weight is 251 g/mol. The summed E-state index contributed by atoms with van der Waals surface area (Å²) in [6, 6.07) is 5.80. The van der Waals surface area contributed by atoms with Crippen molar-refractivity contribution < 1.29 is 8.78 Å². The van der Waals surface area contributed by atoms with Crippen molar-refractivity contribution in [2.45, 2.75) is 26.1 Å². The van der Waals surface area contributed by atoms with Gasteiger partial charge in [-0.3, -0.25) is 4.68 Å². The molecule has 96 valence electrons. The Labute approximate surface area is 104 Å². The largest absolute Gasteiger partial charge is 0.308 e. The standard InChI is InChI=1S/C13H15F2N3/c1-10(9-18-7-3-6-17-18)16-8-11-12(14)4-2-5-13(11)15/h2-7,10,16H,8-9H2,1H3. The summed E-state index contributed by atoms with van der Waals surface area (Å²) < 4.78 is 28.5. The van der Waals surface area contributed by atoms with Gasteiger partial charge in [-0.15, -0.1) is 0 Å². The van der Waals surface area contributed by atoms with Crippen LogP contribution >= 0.6 is 0 Å². The summed E-state index contributed by atoms with van der Waals surface area (Å²) in [5.74, 6) is -1.04. The van der Waals surface area contributed by atoms with Gasteiger partial charge in [-0.1, -0.05) is 6.07 Å². The van der Waals surface area contributed by atoms with Gasteiger partial charge >= 0.3 is 0 Å². The highest BCUT2D eigenvalue weighted by Gasteiger charge is 2.10. The molecule has 0 spiro atoms. The minimum Gasteiger partial charge on any atom is -0.308 e. The molecule has 2 aromatic rings. The number of nitrogens with one attached hydrogen (secondary N) is 1. The fourth-order valence-corrected chi connectivity index (χ4v) is 1.73. The average Bonchev–Trinajstić information content (AvgIpc) is 2.81. The van der Waals surface area contributed by atoms with E-state index in [0.717, 1.165) is 0 Å². The zero-order valence-electron chi connectivity index (χ0n) is 10.1. The molecule has 2 rings (SSSR count). The van der Waals surface area contributed by atoms with Gasteiger partial charge in [0.15, 0.2) is 0 Å². The number of halogens is 2. The first-order chi connectivity index (χ1) is 8.66. The van der Waals surface area contributed by atoms with Gasteiger partial charge in [-0.2, -0.15) is 5.10 Å². The summed E-state index contributed by atoms with van der Waals surface area (Å²) in [7, 11) is 0. The van der Waals surface area contributed by atoms with E-state index >= 15 is 0 Å². The van der Waals surface area contributed by atoms with Crippen molar-refractivity contribution >= 4 is 0 Å². The van der Waals surface area contributed by atoms with Crippen LogP contribution in [0.3, 0.4) is 0 Å². The number of nitrogens with zero attached hydrogens (tertiary/aromatic N) is 2. The molecule has 5 heteroatoms. The molecule has 1 atom stereocenters. The number of rotatable bonds is 5. The normalized spacial score (nSPS) is 12.6. The van der Waals surface area contributed by atoms with Crippen LogP contribution in [0.1, 0.15) is 12.5 Å². The molecule has 0 aliphatic rings. The lowest BCUT2D eigenvalue weighted by molar-refractivity contribution is 0.438. The van der Waals surface area contributed by atoms with E-state index in [0.29, 0.717) is 6.54 Å². The molecule has 0 radical (unpaired) electrons. The first-order valence-electron chi connectivity index (χ1n) is 5.80. The Morgan fingerprint density at radius 1 is 1.28 bits per heavy atom. The first kappa shape index (κ1) is 12.7. The summed E-state index contributed by atoms with van der Waals surface area (Å²) in [4.78, 5) is 0. The Hall–Kier alpha value is -1.75. The lowest BCUT2D eigenvalue weighted by atomic mass is 10.2. The fraction of sp³-hybridized carbons (Fsp3) is 0.308. The third-order valence-corrected chi connectivity index (χ3v) is 2.71. The van der Waals surface area contributed by atoms with Gasteiger partial charge in [0, 0.05) is 30.5 Å². The van der Waals surface area contributed by atoms with Gasteiger partial charge in [0.1, 0.15) is 11.6 Å². The molecular weight excluding hydrogens is 236 g/mol. The van der Waals surface area contributed by atoms with Crippen molar-refractivity contribution in [2.24, 2.45) is 0 Å². The van der Waals surface area contributed by atoms with Crippen molar-refractivity contribution in [3.8, 4) is 0 Å². The zero-order valence-corrected chi connectivity index (χ0v) is 10.1. The Balaban J connectivity index is 1.91. The second kappa shape index (κ2) is 5.73. The number of hydrogen-bond acceptors (Lipinski definition) is 2. The minimum absolute atomic E-state index is 0.0731. The van der Waals surface area contributed by atoms with Crippen LogP contribution in [-0.2, 0) is 13.1 Å². The van der Waals surface area contributed by atoms with Crippen molar-refractivity contribution in [1.82, 2.24) is 15.1 Å². The predicted octanol–water partition coefficient (Wildman–Crippen LogP) is 2.34. The molecule has 0 aliphatic heterocycles. The van der Waals surface area contributed by atoms with Crippen LogP contribution in [0.25, 0.3) is 0 Å². The van der Waals surface area contributed by atoms with Crippen LogP contribution < -0.4 is 5.32 Å². The monoisotopic (exact) mass is 251 g/mol. The van der Waals surface area contributed by atoms with E-state index in [9.17, 15) is 8.78 Å². The number of hydrogen-bond donors (Lipinski definition) is 1. The Kier molecular flexibility index (Phi) is 4.04. The summed E-state index contributed by atoms with van der Waals surface area (Å²) in [6.07, 6.45) is 3.55. The zero-order chi connectivity index (χ0) is 13.0. The Morgan fingerprint density at radius 3 is 2.61 bits per heavy atom. The second-order valence-electron chi connectivity index (χ2n) is 4.21. The topological polar surface area (TPSA) is 29.9 Å². The van der Waals surface area contributed by atoms with Crippen LogP contribution in [0, 0.1) is 11.6 Å². The van der Waals surface area contributed by atoms with Crippen molar-refractivity contribution in [3.05, 3.63) is 53.9 Å². The smallest absolute Gasteiger partial charge is 0.130 e. The predicted molar refractivity (Wildman–Crippen MR) is 64.9 cm³/mol. The molecule has 0 aliphatic carbocycles. The van der Waals surface area contributed by atoms with Gasteiger partial charge < -0.3 is 5.32 Å². The molecule has 1 aromatic carbocycles. The third kappa shape index (κ3) is 3.13. The van der Waals surface area contributed by atoms with Gasteiger partial charge in [0.05, 0.1) is 6.54 Å². The minimum atomic E-state index is -0.520. The van der Waals surface area contributed by atoms with Crippen LogP contribution in [0.5, 0.6) is 0 Å². The lowest BCUT2D eigenvalue weighted by Gasteiger charge is -2.14. The van der Waals surface area contributed by atoms with E-state index in [1.54, 1.807) is 10.9 Å². The lowest BCUT2D eigenvalue weighted by Crippen LogP contribution is -2.30. The van der Waals surface area contributed by atoms with E-state index in [2.05, 4.69) is 10.4 Å². The summed E-state index contributed by atoms with van der Waals surface area (Å²) >= 11 is 0. The molecule has 0 bridgehead atoms.